The molecule has 1 aliphatic rings. The summed E-state index contributed by atoms with van der Waals surface area (Å²) < 4.78 is 16.2. The molecule has 170 valence electrons. The normalized spacial score (nSPS) is 17.8. The van der Waals surface area contributed by atoms with Gasteiger partial charge >= 0.3 is 0 Å². The number of aliphatic hydroxyl groups excluding tert-OH is 1. The van der Waals surface area contributed by atoms with Crippen molar-refractivity contribution in [3.63, 3.8) is 0 Å². The van der Waals surface area contributed by atoms with E-state index in [1.165, 1.54) is 12.0 Å². The number of Topliss-reactive ketones (excluding diaryl/α,β-unsaturated/α-hetero) is 1. The fraction of sp³-hybridized carbons (Fsp3) is 0.360. The zero-order valence-corrected chi connectivity index (χ0v) is 19.0. The summed E-state index contributed by atoms with van der Waals surface area (Å²) in [7, 11) is 3.10. The molecule has 1 unspecified atom stereocenters. The number of aryl methyl sites for hydroxylation is 1. The highest BCUT2D eigenvalue weighted by Gasteiger charge is 2.46. The first-order valence-electron chi connectivity index (χ1n) is 10.5. The summed E-state index contributed by atoms with van der Waals surface area (Å²) in [4.78, 5) is 27.4. The molecule has 7 heteroatoms. The highest BCUT2D eigenvalue weighted by molar-refractivity contribution is 6.46. The molecule has 32 heavy (non-hydrogen) atoms. The van der Waals surface area contributed by atoms with Crippen LogP contribution in [0.2, 0.25) is 0 Å². The van der Waals surface area contributed by atoms with Crippen LogP contribution in [0, 0.1) is 6.92 Å². The second-order valence-corrected chi connectivity index (χ2v) is 7.91. The van der Waals surface area contributed by atoms with Gasteiger partial charge in [0, 0.05) is 19.2 Å². The number of nitrogens with zero attached hydrogens (tertiary/aromatic N) is 1. The molecule has 0 saturated carbocycles. The Bertz CT molecular complexity index is 1040. The van der Waals surface area contributed by atoms with Gasteiger partial charge in [0.1, 0.15) is 17.3 Å². The van der Waals surface area contributed by atoms with Gasteiger partial charge < -0.3 is 24.2 Å². The Labute approximate surface area is 188 Å². The van der Waals surface area contributed by atoms with Crippen LogP contribution in [0.1, 0.15) is 36.6 Å². The number of aliphatic hydroxyl groups is 1. The number of rotatable bonds is 8. The summed E-state index contributed by atoms with van der Waals surface area (Å²) in [6.45, 7) is 6.15. The molecule has 1 saturated heterocycles. The van der Waals surface area contributed by atoms with Gasteiger partial charge in [-0.2, -0.15) is 0 Å². The molecule has 7 nitrogen and oxygen atoms in total. The third-order valence-corrected chi connectivity index (χ3v) is 5.29. The lowest BCUT2D eigenvalue weighted by Crippen LogP contribution is -2.32. The van der Waals surface area contributed by atoms with Crippen LogP contribution < -0.4 is 9.47 Å². The summed E-state index contributed by atoms with van der Waals surface area (Å²) in [6, 6.07) is 11.6. The van der Waals surface area contributed by atoms with Crippen LogP contribution in [0.5, 0.6) is 11.5 Å². The van der Waals surface area contributed by atoms with Crippen LogP contribution in [0.15, 0.2) is 48.0 Å². The Morgan fingerprint density at radius 2 is 1.88 bits per heavy atom. The van der Waals surface area contributed by atoms with Crippen molar-refractivity contribution < 1.29 is 28.9 Å². The lowest BCUT2D eigenvalue weighted by molar-refractivity contribution is -0.140. The van der Waals surface area contributed by atoms with Gasteiger partial charge in [-0.05, 0) is 62.2 Å². The van der Waals surface area contributed by atoms with Crippen molar-refractivity contribution in [3.8, 4) is 11.5 Å². The van der Waals surface area contributed by atoms with Crippen LogP contribution in [-0.2, 0) is 14.3 Å². The number of carbonyl (C=O) groups excluding carboxylic acids is 2. The third kappa shape index (κ3) is 4.62. The Hall–Kier alpha value is -3.32. The van der Waals surface area contributed by atoms with E-state index in [0.29, 0.717) is 22.6 Å². The summed E-state index contributed by atoms with van der Waals surface area (Å²) in [6.07, 6.45) is -0.0348. The molecule has 0 bridgehead atoms. The Kier molecular flexibility index (Phi) is 7.20. The van der Waals surface area contributed by atoms with Gasteiger partial charge in [0.2, 0.25) is 0 Å². The number of hydrogen-bond acceptors (Lipinski definition) is 6. The minimum atomic E-state index is -0.761. The molecule has 0 aromatic heterocycles. The first-order chi connectivity index (χ1) is 15.3. The number of ketones is 1. The molecule has 1 fully saturated rings. The summed E-state index contributed by atoms with van der Waals surface area (Å²) in [5.41, 5.74) is 1.95. The predicted molar refractivity (Wildman–Crippen MR) is 121 cm³/mol. The van der Waals surface area contributed by atoms with Crippen LogP contribution in [0.25, 0.3) is 5.76 Å². The average molecular weight is 440 g/mol. The number of carbonyl (C=O) groups is 2. The second kappa shape index (κ2) is 9.87. The van der Waals surface area contributed by atoms with Crippen LogP contribution in [-0.4, -0.2) is 55.2 Å². The van der Waals surface area contributed by atoms with Gasteiger partial charge in [0.25, 0.3) is 11.7 Å². The number of ether oxygens (including phenoxy) is 3. The zero-order chi connectivity index (χ0) is 23.4. The van der Waals surface area contributed by atoms with Gasteiger partial charge in [0.15, 0.2) is 0 Å². The molecule has 1 N–H and O–H groups in total. The summed E-state index contributed by atoms with van der Waals surface area (Å²) in [5, 5.41) is 11.2. The quantitative estimate of drug-likeness (QED) is 0.382. The molecule has 1 atom stereocenters. The molecule has 0 radical (unpaired) electrons. The number of methoxy groups -OCH3 is 2. The van der Waals surface area contributed by atoms with Gasteiger partial charge in [0.05, 0.1) is 31.4 Å². The van der Waals surface area contributed by atoms with E-state index in [2.05, 4.69) is 0 Å². The second-order valence-electron chi connectivity index (χ2n) is 7.91. The monoisotopic (exact) mass is 439 g/mol. The maximum atomic E-state index is 13.0. The lowest BCUT2D eigenvalue weighted by atomic mass is 9.94. The van der Waals surface area contributed by atoms with Gasteiger partial charge in [-0.15, -0.1) is 0 Å². The van der Waals surface area contributed by atoms with Crippen LogP contribution >= 0.6 is 0 Å². The summed E-state index contributed by atoms with van der Waals surface area (Å²) in [5.74, 6) is -0.345. The molecule has 1 amide bonds. The van der Waals surface area contributed by atoms with Crippen molar-refractivity contribution in [2.45, 2.75) is 32.9 Å². The van der Waals surface area contributed by atoms with E-state index in [1.807, 2.05) is 32.9 Å². The minimum absolute atomic E-state index is 0.0348. The number of benzene rings is 2. The Morgan fingerprint density at radius 3 is 2.50 bits per heavy atom. The molecular weight excluding hydrogens is 410 g/mol. The van der Waals surface area contributed by atoms with Crippen LogP contribution in [0.3, 0.4) is 0 Å². The number of amides is 1. The standard InChI is InChI=1S/C25H29NO6/c1-15(2)32-19-8-6-7-17(14-19)22-21(24(28)25(29)26(22)11-12-30-4)23(27)18-9-10-20(31-5)16(3)13-18/h6-10,13-15,22,27H,11-12H2,1-5H3/b23-21+. The fourth-order valence-corrected chi connectivity index (χ4v) is 3.86. The maximum Gasteiger partial charge on any atom is 0.295 e. The molecule has 0 aliphatic carbocycles. The minimum Gasteiger partial charge on any atom is -0.507 e. The van der Waals surface area contributed by atoms with Crippen LogP contribution in [0.4, 0.5) is 0 Å². The number of hydrogen-bond donors (Lipinski definition) is 1. The van der Waals surface area contributed by atoms with E-state index >= 15 is 0 Å². The molecule has 1 aliphatic heterocycles. The predicted octanol–water partition coefficient (Wildman–Crippen LogP) is 3.86. The van der Waals surface area contributed by atoms with Crippen molar-refractivity contribution in [1.82, 2.24) is 4.90 Å². The highest BCUT2D eigenvalue weighted by atomic mass is 16.5. The fourth-order valence-electron chi connectivity index (χ4n) is 3.86. The molecule has 2 aromatic carbocycles. The zero-order valence-electron chi connectivity index (χ0n) is 19.0. The Balaban J connectivity index is 2.15. The van der Waals surface area contributed by atoms with Crippen molar-refractivity contribution in [3.05, 3.63) is 64.7 Å². The first kappa shape index (κ1) is 23.3. The lowest BCUT2D eigenvalue weighted by Gasteiger charge is -2.25. The first-order valence-corrected chi connectivity index (χ1v) is 10.5. The average Bonchev–Trinajstić information content (AvgIpc) is 3.01. The number of likely N-dealkylation sites (tertiary alicyclic amines) is 1. The molecule has 2 aromatic rings. The van der Waals surface area contributed by atoms with E-state index in [9.17, 15) is 14.7 Å². The van der Waals surface area contributed by atoms with Crippen molar-refractivity contribution in [1.29, 1.82) is 0 Å². The van der Waals surface area contributed by atoms with Crippen molar-refractivity contribution in [2.75, 3.05) is 27.4 Å². The van der Waals surface area contributed by atoms with Crippen molar-refractivity contribution >= 4 is 17.4 Å². The smallest absolute Gasteiger partial charge is 0.295 e. The van der Waals surface area contributed by atoms with E-state index in [4.69, 9.17) is 14.2 Å². The van der Waals surface area contributed by atoms with E-state index < -0.39 is 17.7 Å². The van der Waals surface area contributed by atoms with E-state index in [1.54, 1.807) is 37.4 Å². The maximum absolute atomic E-state index is 13.0. The third-order valence-electron chi connectivity index (χ3n) is 5.29. The molecule has 3 rings (SSSR count). The van der Waals surface area contributed by atoms with E-state index in [0.717, 1.165) is 5.56 Å². The molecule has 0 spiro atoms. The largest absolute Gasteiger partial charge is 0.507 e. The van der Waals surface area contributed by atoms with Gasteiger partial charge in [-0.1, -0.05) is 12.1 Å². The molecule has 1 heterocycles. The van der Waals surface area contributed by atoms with Gasteiger partial charge in [-0.25, -0.2) is 0 Å². The van der Waals surface area contributed by atoms with Crippen molar-refractivity contribution in [2.24, 2.45) is 0 Å². The SMILES string of the molecule is COCCN1C(=O)C(=O)/C(=C(/O)c2ccc(OC)c(C)c2)C1c1cccc(OC(C)C)c1. The topological polar surface area (TPSA) is 85.3 Å². The van der Waals surface area contributed by atoms with E-state index in [-0.39, 0.29) is 30.6 Å². The Morgan fingerprint density at radius 1 is 1.12 bits per heavy atom. The summed E-state index contributed by atoms with van der Waals surface area (Å²) >= 11 is 0. The molecular formula is C25H29NO6. The highest BCUT2D eigenvalue weighted by Crippen LogP contribution is 2.40. The van der Waals surface area contributed by atoms with Gasteiger partial charge in [-0.3, -0.25) is 9.59 Å².